The molecule has 0 fully saturated rings. The minimum Gasteiger partial charge on any atom is -0.383 e. The summed E-state index contributed by atoms with van der Waals surface area (Å²) in [6.07, 6.45) is 1.74. The number of carbonyl (C=O) groups excluding carboxylic acids is 2. The molecule has 0 saturated carbocycles. The summed E-state index contributed by atoms with van der Waals surface area (Å²) in [6, 6.07) is 3.44. The summed E-state index contributed by atoms with van der Waals surface area (Å²) in [5.74, 6) is 0.370. The van der Waals surface area contributed by atoms with Gasteiger partial charge in [0.05, 0.1) is 12.2 Å². The van der Waals surface area contributed by atoms with Crippen LogP contribution >= 0.6 is 0 Å². The molecule has 0 aromatic carbocycles. The number of rotatable bonds is 9. The summed E-state index contributed by atoms with van der Waals surface area (Å²) in [5, 5.41) is 8.41. The van der Waals surface area contributed by atoms with Crippen LogP contribution in [0.25, 0.3) is 0 Å². The van der Waals surface area contributed by atoms with Gasteiger partial charge in [-0.05, 0) is 19.1 Å². The van der Waals surface area contributed by atoms with Crippen LogP contribution in [0, 0.1) is 0 Å². The van der Waals surface area contributed by atoms with Gasteiger partial charge in [0.2, 0.25) is 5.91 Å². The van der Waals surface area contributed by atoms with E-state index in [1.807, 2.05) is 6.92 Å². The molecule has 0 unspecified atom stereocenters. The van der Waals surface area contributed by atoms with Gasteiger partial charge in [0, 0.05) is 39.4 Å². The third-order valence-corrected chi connectivity index (χ3v) is 2.65. The van der Waals surface area contributed by atoms with E-state index in [2.05, 4.69) is 20.9 Å². The molecule has 21 heavy (non-hydrogen) atoms. The fraction of sp³-hybridized carbons (Fsp3) is 0.500. The molecule has 0 saturated heterocycles. The molecule has 1 aromatic rings. The zero-order valence-electron chi connectivity index (χ0n) is 12.4. The Balaban J connectivity index is 2.28. The van der Waals surface area contributed by atoms with Crippen LogP contribution in [0.3, 0.4) is 0 Å². The van der Waals surface area contributed by atoms with Gasteiger partial charge in [-0.3, -0.25) is 9.59 Å². The van der Waals surface area contributed by atoms with Crippen LogP contribution in [0.2, 0.25) is 0 Å². The molecule has 1 aromatic heterocycles. The molecular formula is C14H22N4O3. The Hall–Kier alpha value is -2.15. The number of nitrogens with zero attached hydrogens (tertiary/aromatic N) is 1. The second-order valence-corrected chi connectivity index (χ2v) is 4.31. The van der Waals surface area contributed by atoms with Crippen molar-refractivity contribution in [2.45, 2.75) is 13.3 Å². The van der Waals surface area contributed by atoms with Crippen molar-refractivity contribution in [3.05, 3.63) is 23.9 Å². The number of aromatic nitrogens is 1. The van der Waals surface area contributed by atoms with E-state index in [9.17, 15) is 9.59 Å². The molecule has 0 aliphatic heterocycles. The van der Waals surface area contributed by atoms with Crippen molar-refractivity contribution in [2.24, 2.45) is 0 Å². The van der Waals surface area contributed by atoms with E-state index in [0.29, 0.717) is 18.7 Å². The van der Waals surface area contributed by atoms with Gasteiger partial charge in [0.15, 0.2) is 0 Å². The lowest BCUT2D eigenvalue weighted by Crippen LogP contribution is -2.32. The Labute approximate surface area is 124 Å². The Morgan fingerprint density at radius 3 is 2.67 bits per heavy atom. The fourth-order valence-electron chi connectivity index (χ4n) is 1.59. The first kappa shape index (κ1) is 16.9. The first-order valence-corrected chi connectivity index (χ1v) is 6.91. The monoisotopic (exact) mass is 294 g/mol. The van der Waals surface area contributed by atoms with Crippen molar-refractivity contribution in [1.29, 1.82) is 0 Å². The third-order valence-electron chi connectivity index (χ3n) is 2.65. The van der Waals surface area contributed by atoms with Gasteiger partial charge in [0.1, 0.15) is 5.82 Å². The molecule has 2 amide bonds. The molecule has 1 rings (SSSR count). The summed E-state index contributed by atoms with van der Waals surface area (Å²) in [4.78, 5) is 27.4. The molecular weight excluding hydrogens is 272 g/mol. The highest BCUT2D eigenvalue weighted by Gasteiger charge is 2.07. The molecule has 0 spiro atoms. The quantitative estimate of drug-likeness (QED) is 0.573. The van der Waals surface area contributed by atoms with E-state index in [-0.39, 0.29) is 24.8 Å². The molecule has 7 heteroatoms. The largest absolute Gasteiger partial charge is 0.383 e. The Bertz CT molecular complexity index is 448. The SMILES string of the molecule is CCNc1ccc(C(=O)NCCC(=O)NCCOC)cn1. The average molecular weight is 294 g/mol. The zero-order chi connectivity index (χ0) is 15.5. The molecule has 0 atom stereocenters. The Morgan fingerprint density at radius 1 is 1.24 bits per heavy atom. The van der Waals surface area contributed by atoms with Gasteiger partial charge < -0.3 is 20.7 Å². The van der Waals surface area contributed by atoms with Crippen LogP contribution in [-0.2, 0) is 9.53 Å². The Morgan fingerprint density at radius 2 is 2.05 bits per heavy atom. The summed E-state index contributed by atoms with van der Waals surface area (Å²) >= 11 is 0. The standard InChI is InChI=1S/C14H22N4O3/c1-3-15-12-5-4-11(10-18-12)14(20)17-7-6-13(19)16-8-9-21-2/h4-5,10H,3,6-9H2,1-2H3,(H,15,18)(H,16,19)(H,17,20). The van der Waals surface area contributed by atoms with Crippen LogP contribution in [0.4, 0.5) is 5.82 Å². The first-order chi connectivity index (χ1) is 10.2. The van der Waals surface area contributed by atoms with Gasteiger partial charge in [0.25, 0.3) is 5.91 Å². The minimum absolute atomic E-state index is 0.118. The average Bonchev–Trinajstić information content (AvgIpc) is 2.48. The minimum atomic E-state index is -0.241. The molecule has 116 valence electrons. The molecule has 0 radical (unpaired) electrons. The van der Waals surface area contributed by atoms with E-state index in [1.54, 1.807) is 19.2 Å². The number of nitrogens with one attached hydrogen (secondary N) is 3. The number of hydrogen-bond donors (Lipinski definition) is 3. The topological polar surface area (TPSA) is 92.4 Å². The lowest BCUT2D eigenvalue weighted by molar-refractivity contribution is -0.121. The molecule has 0 aliphatic rings. The maximum absolute atomic E-state index is 11.8. The number of hydrogen-bond acceptors (Lipinski definition) is 5. The van der Waals surface area contributed by atoms with E-state index < -0.39 is 0 Å². The van der Waals surface area contributed by atoms with Gasteiger partial charge in [-0.1, -0.05) is 0 Å². The summed E-state index contributed by atoms with van der Waals surface area (Å²) in [7, 11) is 1.57. The predicted octanol–water partition coefficient (Wildman–Crippen LogP) is 0.396. The highest BCUT2D eigenvalue weighted by molar-refractivity contribution is 5.94. The number of methoxy groups -OCH3 is 1. The predicted molar refractivity (Wildman–Crippen MR) is 80.2 cm³/mol. The molecule has 1 heterocycles. The van der Waals surface area contributed by atoms with E-state index in [4.69, 9.17) is 4.74 Å². The van der Waals surface area contributed by atoms with Crippen LogP contribution in [0.5, 0.6) is 0 Å². The summed E-state index contributed by atoms with van der Waals surface area (Å²) in [6.45, 7) is 3.98. The maximum atomic E-state index is 11.8. The van der Waals surface area contributed by atoms with Crippen molar-refractivity contribution in [1.82, 2.24) is 15.6 Å². The Kier molecular flexibility index (Phi) is 7.81. The number of ether oxygens (including phenoxy) is 1. The lowest BCUT2D eigenvalue weighted by atomic mass is 10.2. The maximum Gasteiger partial charge on any atom is 0.252 e. The van der Waals surface area contributed by atoms with Crippen LogP contribution in [0.15, 0.2) is 18.3 Å². The fourth-order valence-corrected chi connectivity index (χ4v) is 1.59. The van der Waals surface area contributed by atoms with Gasteiger partial charge >= 0.3 is 0 Å². The van der Waals surface area contributed by atoms with Crippen LogP contribution < -0.4 is 16.0 Å². The second-order valence-electron chi connectivity index (χ2n) is 4.31. The molecule has 7 nitrogen and oxygen atoms in total. The van der Waals surface area contributed by atoms with Gasteiger partial charge in [-0.15, -0.1) is 0 Å². The van der Waals surface area contributed by atoms with Gasteiger partial charge in [-0.2, -0.15) is 0 Å². The highest BCUT2D eigenvalue weighted by atomic mass is 16.5. The number of carbonyl (C=O) groups is 2. The van der Waals surface area contributed by atoms with Crippen molar-refractivity contribution >= 4 is 17.6 Å². The third kappa shape index (κ3) is 6.71. The van der Waals surface area contributed by atoms with Gasteiger partial charge in [-0.25, -0.2) is 4.98 Å². The van der Waals surface area contributed by atoms with E-state index >= 15 is 0 Å². The smallest absolute Gasteiger partial charge is 0.252 e. The normalized spacial score (nSPS) is 10.0. The highest BCUT2D eigenvalue weighted by Crippen LogP contribution is 2.04. The van der Waals surface area contributed by atoms with Crippen molar-refractivity contribution in [3.8, 4) is 0 Å². The van der Waals surface area contributed by atoms with Crippen LogP contribution in [0.1, 0.15) is 23.7 Å². The second kappa shape index (κ2) is 9.71. The van der Waals surface area contributed by atoms with Crippen LogP contribution in [-0.4, -0.2) is 50.1 Å². The molecule has 0 bridgehead atoms. The number of amides is 2. The van der Waals surface area contributed by atoms with E-state index in [0.717, 1.165) is 12.4 Å². The molecule has 0 aliphatic carbocycles. The number of anilines is 1. The van der Waals surface area contributed by atoms with Crippen molar-refractivity contribution in [3.63, 3.8) is 0 Å². The number of pyridine rings is 1. The molecule has 3 N–H and O–H groups in total. The first-order valence-electron chi connectivity index (χ1n) is 6.91. The summed E-state index contributed by atoms with van der Waals surface area (Å²) < 4.78 is 4.82. The zero-order valence-corrected chi connectivity index (χ0v) is 12.4. The summed E-state index contributed by atoms with van der Waals surface area (Å²) in [5.41, 5.74) is 0.469. The lowest BCUT2D eigenvalue weighted by Gasteiger charge is -2.07. The van der Waals surface area contributed by atoms with Crippen molar-refractivity contribution < 1.29 is 14.3 Å². The van der Waals surface area contributed by atoms with E-state index in [1.165, 1.54) is 6.20 Å². The van der Waals surface area contributed by atoms with Crippen molar-refractivity contribution in [2.75, 3.05) is 38.7 Å².